The van der Waals surface area contributed by atoms with E-state index in [4.69, 9.17) is 16.1 Å². The number of rotatable bonds is 7. The fourth-order valence-electron chi connectivity index (χ4n) is 0.954. The highest BCUT2D eigenvalue weighted by Crippen LogP contribution is 2.21. The van der Waals surface area contributed by atoms with Crippen molar-refractivity contribution in [2.24, 2.45) is 11.1 Å². The van der Waals surface area contributed by atoms with Crippen LogP contribution in [0.1, 0.15) is 26.7 Å². The van der Waals surface area contributed by atoms with E-state index in [0.717, 1.165) is 18.6 Å². The van der Waals surface area contributed by atoms with Crippen molar-refractivity contribution >= 4 is 17.7 Å². The summed E-state index contributed by atoms with van der Waals surface area (Å²) in [6, 6.07) is 1.45. The minimum absolute atomic E-state index is 0.282. The summed E-state index contributed by atoms with van der Waals surface area (Å²) in [5.41, 5.74) is 5.06. The Labute approximate surface area is 94.8 Å². The summed E-state index contributed by atoms with van der Waals surface area (Å²) in [5, 5.41) is 17.3. The Bertz CT molecular complexity index is 248. The van der Waals surface area contributed by atoms with Crippen LogP contribution in [0.5, 0.6) is 0 Å². The molecule has 15 heavy (non-hydrogen) atoms. The minimum atomic E-state index is -0.958. The molecule has 0 aliphatic carbocycles. The van der Waals surface area contributed by atoms with Crippen LogP contribution in [-0.2, 0) is 4.79 Å². The number of carboxylic acids is 1. The van der Waals surface area contributed by atoms with E-state index in [-0.39, 0.29) is 5.41 Å². The van der Waals surface area contributed by atoms with Crippen LogP contribution >= 0.6 is 11.8 Å². The van der Waals surface area contributed by atoms with Crippen molar-refractivity contribution in [2.75, 3.05) is 11.5 Å². The average Bonchev–Trinajstić information content (AvgIpc) is 2.16. The van der Waals surface area contributed by atoms with Gasteiger partial charge in [0.15, 0.2) is 0 Å². The van der Waals surface area contributed by atoms with Gasteiger partial charge in [-0.2, -0.15) is 17.0 Å². The molecule has 0 aliphatic heterocycles. The van der Waals surface area contributed by atoms with E-state index in [0.29, 0.717) is 5.75 Å². The SMILES string of the molecule is CC(C)(C#N)CCCSC[C@@H](N)C(=O)O. The Morgan fingerprint density at radius 1 is 1.67 bits per heavy atom. The van der Waals surface area contributed by atoms with Gasteiger partial charge in [0, 0.05) is 5.75 Å². The zero-order valence-electron chi connectivity index (χ0n) is 9.19. The van der Waals surface area contributed by atoms with E-state index in [1.54, 1.807) is 0 Å². The molecule has 0 saturated carbocycles. The summed E-state index contributed by atoms with van der Waals surface area (Å²) in [6.45, 7) is 3.81. The molecule has 0 heterocycles. The fraction of sp³-hybridized carbons (Fsp3) is 0.800. The molecule has 0 radical (unpaired) electrons. The van der Waals surface area contributed by atoms with Crippen LogP contribution < -0.4 is 5.73 Å². The third-order valence-electron chi connectivity index (χ3n) is 2.01. The zero-order valence-corrected chi connectivity index (χ0v) is 10.0. The maximum atomic E-state index is 10.4. The molecule has 0 spiro atoms. The van der Waals surface area contributed by atoms with Gasteiger partial charge in [0.05, 0.1) is 11.5 Å². The molecule has 0 aliphatic rings. The summed E-state index contributed by atoms with van der Waals surface area (Å²) in [4.78, 5) is 10.4. The van der Waals surface area contributed by atoms with Crippen LogP contribution in [0.25, 0.3) is 0 Å². The van der Waals surface area contributed by atoms with Crippen LogP contribution in [0, 0.1) is 16.7 Å². The molecule has 0 amide bonds. The number of hydrogen-bond acceptors (Lipinski definition) is 4. The van der Waals surface area contributed by atoms with Gasteiger partial charge >= 0.3 is 5.97 Å². The maximum Gasteiger partial charge on any atom is 0.321 e. The lowest BCUT2D eigenvalue weighted by atomic mass is 9.90. The number of nitrogens with zero attached hydrogens (tertiary/aromatic N) is 1. The van der Waals surface area contributed by atoms with Gasteiger partial charge in [0.2, 0.25) is 0 Å². The Hall–Kier alpha value is -0.730. The van der Waals surface area contributed by atoms with Gasteiger partial charge in [-0.15, -0.1) is 0 Å². The van der Waals surface area contributed by atoms with Crippen molar-refractivity contribution in [3.63, 3.8) is 0 Å². The van der Waals surface area contributed by atoms with Gasteiger partial charge in [0.25, 0.3) is 0 Å². The predicted molar refractivity (Wildman–Crippen MR) is 61.6 cm³/mol. The van der Waals surface area contributed by atoms with Crippen molar-refractivity contribution < 1.29 is 9.90 Å². The number of carboxylic acid groups (broad SMARTS) is 1. The first kappa shape index (κ1) is 14.3. The molecule has 0 rings (SSSR count). The molecule has 4 nitrogen and oxygen atoms in total. The highest BCUT2D eigenvalue weighted by molar-refractivity contribution is 7.99. The van der Waals surface area contributed by atoms with E-state index in [9.17, 15) is 4.79 Å². The van der Waals surface area contributed by atoms with Crippen molar-refractivity contribution in [2.45, 2.75) is 32.7 Å². The smallest absolute Gasteiger partial charge is 0.321 e. The highest BCUT2D eigenvalue weighted by Gasteiger charge is 2.16. The lowest BCUT2D eigenvalue weighted by molar-refractivity contribution is -0.137. The lowest BCUT2D eigenvalue weighted by Crippen LogP contribution is -2.32. The van der Waals surface area contributed by atoms with E-state index in [1.807, 2.05) is 13.8 Å². The first-order chi connectivity index (χ1) is 6.89. The lowest BCUT2D eigenvalue weighted by Gasteiger charge is -2.14. The molecule has 0 aromatic rings. The topological polar surface area (TPSA) is 87.1 Å². The molecule has 0 aromatic carbocycles. The van der Waals surface area contributed by atoms with Gasteiger partial charge in [-0.25, -0.2) is 0 Å². The minimum Gasteiger partial charge on any atom is -0.480 e. The van der Waals surface area contributed by atoms with Gasteiger partial charge < -0.3 is 10.8 Å². The van der Waals surface area contributed by atoms with Gasteiger partial charge in [-0.1, -0.05) is 0 Å². The number of nitrogens with two attached hydrogens (primary N) is 1. The molecule has 0 aromatic heterocycles. The van der Waals surface area contributed by atoms with Crippen LogP contribution in [0.15, 0.2) is 0 Å². The second-order valence-corrected chi connectivity index (χ2v) is 5.27. The molecule has 0 bridgehead atoms. The quantitative estimate of drug-likeness (QED) is 0.646. The number of hydrogen-bond donors (Lipinski definition) is 2. The zero-order chi connectivity index (χ0) is 11.9. The summed E-state index contributed by atoms with van der Waals surface area (Å²) in [5.74, 6) is 0.328. The number of aliphatic carboxylic acids is 1. The highest BCUT2D eigenvalue weighted by atomic mass is 32.2. The van der Waals surface area contributed by atoms with E-state index in [1.165, 1.54) is 11.8 Å². The molecule has 0 saturated heterocycles. The largest absolute Gasteiger partial charge is 0.480 e. The van der Waals surface area contributed by atoms with E-state index in [2.05, 4.69) is 6.07 Å². The van der Waals surface area contributed by atoms with Crippen LogP contribution in [0.4, 0.5) is 0 Å². The van der Waals surface area contributed by atoms with E-state index < -0.39 is 12.0 Å². The Morgan fingerprint density at radius 2 is 2.27 bits per heavy atom. The molecule has 0 unspecified atom stereocenters. The Balaban J connectivity index is 3.49. The van der Waals surface area contributed by atoms with Crippen LogP contribution in [0.2, 0.25) is 0 Å². The van der Waals surface area contributed by atoms with Gasteiger partial charge in [-0.05, 0) is 32.4 Å². The van der Waals surface area contributed by atoms with Crippen molar-refractivity contribution in [1.29, 1.82) is 5.26 Å². The summed E-state index contributed by atoms with van der Waals surface area (Å²) in [6.07, 6.45) is 1.75. The van der Waals surface area contributed by atoms with Crippen molar-refractivity contribution in [3.8, 4) is 6.07 Å². The molecule has 3 N–H and O–H groups in total. The third kappa shape index (κ3) is 7.23. The average molecular weight is 230 g/mol. The second-order valence-electron chi connectivity index (χ2n) is 4.12. The number of nitriles is 1. The second kappa shape index (κ2) is 6.70. The molecule has 5 heteroatoms. The van der Waals surface area contributed by atoms with Gasteiger partial charge in [-0.3, -0.25) is 4.79 Å². The number of carbonyl (C=O) groups is 1. The summed E-state index contributed by atoms with van der Waals surface area (Å²) in [7, 11) is 0. The summed E-state index contributed by atoms with van der Waals surface area (Å²) < 4.78 is 0. The monoisotopic (exact) mass is 230 g/mol. The maximum absolute atomic E-state index is 10.4. The number of thioether (sulfide) groups is 1. The molecule has 0 fully saturated rings. The first-order valence-corrected chi connectivity index (χ1v) is 6.02. The van der Waals surface area contributed by atoms with E-state index >= 15 is 0 Å². The molecular weight excluding hydrogens is 212 g/mol. The molecular formula is C10H18N2O2S. The summed E-state index contributed by atoms with van der Waals surface area (Å²) >= 11 is 1.53. The normalized spacial score (nSPS) is 13.2. The van der Waals surface area contributed by atoms with Crippen LogP contribution in [0.3, 0.4) is 0 Å². The van der Waals surface area contributed by atoms with Crippen LogP contribution in [-0.4, -0.2) is 28.6 Å². The Morgan fingerprint density at radius 3 is 2.73 bits per heavy atom. The van der Waals surface area contributed by atoms with Crippen molar-refractivity contribution in [1.82, 2.24) is 0 Å². The standard InChI is InChI=1S/C10H18N2O2S/c1-10(2,7-11)4-3-5-15-6-8(12)9(13)14/h8H,3-6,12H2,1-2H3,(H,13,14)/t8-/m1/s1. The molecule has 1 atom stereocenters. The van der Waals surface area contributed by atoms with Gasteiger partial charge in [0.1, 0.15) is 6.04 Å². The predicted octanol–water partition coefficient (Wildman–Crippen LogP) is 1.46. The molecule has 86 valence electrons. The fourth-order valence-corrected chi connectivity index (χ4v) is 1.87. The third-order valence-corrected chi connectivity index (χ3v) is 3.18. The van der Waals surface area contributed by atoms with Crippen molar-refractivity contribution in [3.05, 3.63) is 0 Å². The first-order valence-electron chi connectivity index (χ1n) is 4.86. The Kier molecular flexibility index (Phi) is 6.37.